The zero-order valence-corrected chi connectivity index (χ0v) is 9.45. The average Bonchev–Trinajstić information content (AvgIpc) is 2.29. The van der Waals surface area contributed by atoms with Crippen LogP contribution in [0.3, 0.4) is 0 Å². The lowest BCUT2D eigenvalue weighted by molar-refractivity contribution is 0.176. The van der Waals surface area contributed by atoms with Gasteiger partial charge >= 0.3 is 0 Å². The van der Waals surface area contributed by atoms with Gasteiger partial charge in [-0.25, -0.2) is 0 Å². The van der Waals surface area contributed by atoms with Gasteiger partial charge in [-0.3, -0.25) is 4.90 Å². The predicted molar refractivity (Wildman–Crippen MR) is 64.1 cm³/mol. The molecule has 1 aliphatic rings. The zero-order valence-electron chi connectivity index (χ0n) is 9.45. The molecule has 0 unspecified atom stereocenters. The maximum absolute atomic E-state index is 3.42. The van der Waals surface area contributed by atoms with Crippen LogP contribution in [0.1, 0.15) is 12.5 Å². The van der Waals surface area contributed by atoms with Gasteiger partial charge in [0.15, 0.2) is 0 Å². The first-order valence-electron chi connectivity index (χ1n) is 5.85. The van der Waals surface area contributed by atoms with Crippen molar-refractivity contribution in [3.63, 3.8) is 0 Å². The molecule has 1 aromatic carbocycles. The lowest BCUT2D eigenvalue weighted by Gasteiger charge is -2.33. The fourth-order valence-electron chi connectivity index (χ4n) is 2.13. The van der Waals surface area contributed by atoms with Crippen molar-refractivity contribution < 1.29 is 0 Å². The van der Waals surface area contributed by atoms with Crippen molar-refractivity contribution in [2.24, 2.45) is 0 Å². The van der Waals surface area contributed by atoms with Crippen LogP contribution in [0, 0.1) is 0 Å². The molecule has 82 valence electrons. The summed E-state index contributed by atoms with van der Waals surface area (Å²) in [6.45, 7) is 6.95. The number of hydrogen-bond donors (Lipinski definition) is 1. The second-order valence-electron chi connectivity index (χ2n) is 4.32. The normalized spacial score (nSPS) is 22.9. The summed E-state index contributed by atoms with van der Waals surface area (Å²) in [6.07, 6.45) is 1.17. The summed E-state index contributed by atoms with van der Waals surface area (Å²) in [7, 11) is 0. The molecule has 1 saturated heterocycles. The predicted octanol–water partition coefficient (Wildman–Crippen LogP) is 1.52. The van der Waals surface area contributed by atoms with Gasteiger partial charge in [0.25, 0.3) is 0 Å². The maximum Gasteiger partial charge on any atom is 0.0193 e. The molecule has 2 nitrogen and oxygen atoms in total. The third kappa shape index (κ3) is 3.05. The summed E-state index contributed by atoms with van der Waals surface area (Å²) >= 11 is 0. The van der Waals surface area contributed by atoms with Gasteiger partial charge in [-0.15, -0.1) is 0 Å². The van der Waals surface area contributed by atoms with E-state index in [1.165, 1.54) is 25.1 Å². The molecule has 1 fully saturated rings. The second kappa shape index (κ2) is 5.29. The van der Waals surface area contributed by atoms with E-state index in [1.807, 2.05) is 0 Å². The Balaban J connectivity index is 1.82. The number of piperazine rings is 1. The van der Waals surface area contributed by atoms with Crippen molar-refractivity contribution in [1.82, 2.24) is 10.2 Å². The summed E-state index contributed by atoms with van der Waals surface area (Å²) in [6, 6.07) is 11.4. The van der Waals surface area contributed by atoms with Crippen LogP contribution in [-0.4, -0.2) is 37.1 Å². The molecule has 2 rings (SSSR count). The van der Waals surface area contributed by atoms with Crippen LogP contribution >= 0.6 is 0 Å². The van der Waals surface area contributed by atoms with E-state index in [4.69, 9.17) is 0 Å². The average molecular weight is 204 g/mol. The highest BCUT2D eigenvalue weighted by atomic mass is 15.2. The molecule has 0 aromatic heterocycles. The Morgan fingerprint density at radius 2 is 2.13 bits per heavy atom. The summed E-state index contributed by atoms with van der Waals surface area (Å²) in [5, 5.41) is 3.42. The van der Waals surface area contributed by atoms with Crippen LogP contribution in [0.15, 0.2) is 30.3 Å². The molecule has 2 heteroatoms. The molecule has 1 heterocycles. The van der Waals surface area contributed by atoms with Crippen LogP contribution in [0.2, 0.25) is 0 Å². The third-order valence-electron chi connectivity index (χ3n) is 3.17. The number of nitrogens with one attached hydrogen (secondary N) is 1. The number of rotatable bonds is 3. The molecule has 0 bridgehead atoms. The van der Waals surface area contributed by atoms with Crippen molar-refractivity contribution >= 4 is 0 Å². The molecule has 1 atom stereocenters. The topological polar surface area (TPSA) is 15.3 Å². The Hall–Kier alpha value is -0.860. The highest BCUT2D eigenvalue weighted by Gasteiger charge is 2.16. The Morgan fingerprint density at radius 3 is 2.87 bits per heavy atom. The van der Waals surface area contributed by atoms with Crippen LogP contribution in [0.4, 0.5) is 0 Å². The molecule has 0 aliphatic carbocycles. The van der Waals surface area contributed by atoms with Gasteiger partial charge in [0.05, 0.1) is 0 Å². The van der Waals surface area contributed by atoms with Crippen molar-refractivity contribution in [2.45, 2.75) is 19.4 Å². The standard InChI is InChI=1S/C13H20N2/c1-12-11-14-8-10-15(12)9-7-13-5-3-2-4-6-13/h2-6,12,14H,7-11H2,1H3/t12-/m1/s1. The fourth-order valence-corrected chi connectivity index (χ4v) is 2.13. The third-order valence-corrected chi connectivity index (χ3v) is 3.17. The first-order chi connectivity index (χ1) is 7.36. The zero-order chi connectivity index (χ0) is 10.5. The Bertz CT molecular complexity index is 284. The van der Waals surface area contributed by atoms with E-state index >= 15 is 0 Å². The van der Waals surface area contributed by atoms with E-state index in [2.05, 4.69) is 47.5 Å². The summed E-state index contributed by atoms with van der Waals surface area (Å²) < 4.78 is 0. The van der Waals surface area contributed by atoms with E-state index in [-0.39, 0.29) is 0 Å². The van der Waals surface area contributed by atoms with Crippen molar-refractivity contribution in [3.05, 3.63) is 35.9 Å². The van der Waals surface area contributed by atoms with Crippen LogP contribution in [0.25, 0.3) is 0 Å². The molecule has 1 aliphatic heterocycles. The lowest BCUT2D eigenvalue weighted by Crippen LogP contribution is -2.50. The first kappa shape index (κ1) is 10.7. The van der Waals surface area contributed by atoms with E-state index in [1.54, 1.807) is 0 Å². The molecular formula is C13H20N2. The van der Waals surface area contributed by atoms with Gasteiger partial charge in [0.2, 0.25) is 0 Å². The van der Waals surface area contributed by atoms with Gasteiger partial charge in [-0.1, -0.05) is 30.3 Å². The quantitative estimate of drug-likeness (QED) is 0.803. The molecule has 0 saturated carbocycles. The van der Waals surface area contributed by atoms with Crippen molar-refractivity contribution in [2.75, 3.05) is 26.2 Å². The Kier molecular flexibility index (Phi) is 3.75. The molecule has 1 N–H and O–H groups in total. The van der Waals surface area contributed by atoms with E-state index in [9.17, 15) is 0 Å². The Morgan fingerprint density at radius 1 is 1.33 bits per heavy atom. The number of hydrogen-bond acceptors (Lipinski definition) is 2. The largest absolute Gasteiger partial charge is 0.314 e. The minimum Gasteiger partial charge on any atom is -0.314 e. The lowest BCUT2D eigenvalue weighted by atomic mass is 10.1. The van der Waals surface area contributed by atoms with E-state index in [0.29, 0.717) is 6.04 Å². The van der Waals surface area contributed by atoms with E-state index < -0.39 is 0 Å². The van der Waals surface area contributed by atoms with Gasteiger partial charge in [-0.05, 0) is 18.9 Å². The minimum absolute atomic E-state index is 0.683. The smallest absolute Gasteiger partial charge is 0.0193 e. The number of benzene rings is 1. The van der Waals surface area contributed by atoms with Gasteiger partial charge in [0.1, 0.15) is 0 Å². The number of nitrogens with zero attached hydrogens (tertiary/aromatic N) is 1. The van der Waals surface area contributed by atoms with Gasteiger partial charge in [0, 0.05) is 32.2 Å². The van der Waals surface area contributed by atoms with E-state index in [0.717, 1.165) is 13.1 Å². The van der Waals surface area contributed by atoms with Crippen molar-refractivity contribution in [1.29, 1.82) is 0 Å². The highest BCUT2D eigenvalue weighted by molar-refractivity contribution is 5.14. The second-order valence-corrected chi connectivity index (χ2v) is 4.32. The minimum atomic E-state index is 0.683. The van der Waals surface area contributed by atoms with Gasteiger partial charge in [-0.2, -0.15) is 0 Å². The highest BCUT2D eigenvalue weighted by Crippen LogP contribution is 2.06. The molecule has 0 spiro atoms. The molecule has 0 amide bonds. The maximum atomic E-state index is 3.42. The summed E-state index contributed by atoms with van der Waals surface area (Å²) in [4.78, 5) is 2.57. The molecule has 0 radical (unpaired) electrons. The monoisotopic (exact) mass is 204 g/mol. The SMILES string of the molecule is C[C@@H]1CNCCN1CCc1ccccc1. The first-order valence-corrected chi connectivity index (χ1v) is 5.85. The molecular weight excluding hydrogens is 184 g/mol. The Labute approximate surface area is 92.3 Å². The summed E-state index contributed by atoms with van der Waals surface area (Å²) in [5.74, 6) is 0. The molecule has 15 heavy (non-hydrogen) atoms. The molecule has 1 aromatic rings. The van der Waals surface area contributed by atoms with Crippen LogP contribution < -0.4 is 5.32 Å². The van der Waals surface area contributed by atoms with Crippen LogP contribution in [-0.2, 0) is 6.42 Å². The van der Waals surface area contributed by atoms with Gasteiger partial charge < -0.3 is 5.32 Å². The van der Waals surface area contributed by atoms with Crippen molar-refractivity contribution in [3.8, 4) is 0 Å². The van der Waals surface area contributed by atoms with Crippen LogP contribution in [0.5, 0.6) is 0 Å². The summed E-state index contributed by atoms with van der Waals surface area (Å²) in [5.41, 5.74) is 1.45. The fraction of sp³-hybridized carbons (Fsp3) is 0.538.